The van der Waals surface area contributed by atoms with Gasteiger partial charge >= 0.3 is 0 Å². The average molecular weight is 271 g/mol. The van der Waals surface area contributed by atoms with Crippen LogP contribution in [0, 0.1) is 6.92 Å². The third-order valence-electron chi connectivity index (χ3n) is 2.85. The summed E-state index contributed by atoms with van der Waals surface area (Å²) in [6.45, 7) is 2.01. The van der Waals surface area contributed by atoms with Crippen molar-refractivity contribution in [2.24, 2.45) is 0 Å². The molecule has 0 aliphatic heterocycles. The lowest BCUT2D eigenvalue weighted by Crippen LogP contribution is -1.93. The first-order valence-corrected chi connectivity index (χ1v) is 6.25. The third kappa shape index (κ3) is 2.37. The zero-order valence-electron chi connectivity index (χ0n) is 10.3. The molecule has 0 amide bonds. The first kappa shape index (κ1) is 11.9. The SMILES string of the molecule is Cc1cccc2ncnc(Oc3cccc(Cl)c3)c12. The lowest BCUT2D eigenvalue weighted by Gasteiger charge is -2.09. The van der Waals surface area contributed by atoms with Crippen molar-refractivity contribution >= 4 is 22.5 Å². The summed E-state index contributed by atoms with van der Waals surface area (Å²) >= 11 is 5.95. The molecule has 19 heavy (non-hydrogen) atoms. The fraction of sp³-hybridized carbons (Fsp3) is 0.0667. The van der Waals surface area contributed by atoms with Crippen molar-refractivity contribution in [3.63, 3.8) is 0 Å². The van der Waals surface area contributed by atoms with E-state index in [1.807, 2.05) is 37.3 Å². The van der Waals surface area contributed by atoms with E-state index in [0.717, 1.165) is 16.5 Å². The van der Waals surface area contributed by atoms with Crippen LogP contribution in [0.1, 0.15) is 5.56 Å². The number of hydrogen-bond acceptors (Lipinski definition) is 3. The van der Waals surface area contributed by atoms with Gasteiger partial charge in [0.15, 0.2) is 0 Å². The molecule has 0 N–H and O–H groups in total. The quantitative estimate of drug-likeness (QED) is 0.693. The van der Waals surface area contributed by atoms with Gasteiger partial charge in [-0.1, -0.05) is 29.8 Å². The minimum Gasteiger partial charge on any atom is -0.438 e. The van der Waals surface area contributed by atoms with E-state index in [1.54, 1.807) is 12.1 Å². The van der Waals surface area contributed by atoms with Gasteiger partial charge in [0, 0.05) is 5.02 Å². The van der Waals surface area contributed by atoms with Crippen molar-refractivity contribution in [3.8, 4) is 11.6 Å². The number of rotatable bonds is 2. The first-order valence-electron chi connectivity index (χ1n) is 5.88. The molecule has 0 saturated carbocycles. The van der Waals surface area contributed by atoms with Crippen molar-refractivity contribution in [2.75, 3.05) is 0 Å². The number of aryl methyl sites for hydroxylation is 1. The smallest absolute Gasteiger partial charge is 0.230 e. The zero-order valence-corrected chi connectivity index (χ0v) is 11.1. The predicted octanol–water partition coefficient (Wildman–Crippen LogP) is 4.38. The molecule has 0 fully saturated rings. The Labute approximate surface area is 115 Å². The minimum atomic E-state index is 0.547. The predicted molar refractivity (Wildman–Crippen MR) is 75.8 cm³/mol. The number of halogens is 1. The first-order chi connectivity index (χ1) is 9.24. The maximum Gasteiger partial charge on any atom is 0.230 e. The molecule has 0 spiro atoms. The molecule has 0 bridgehead atoms. The van der Waals surface area contributed by atoms with E-state index in [1.165, 1.54) is 6.33 Å². The Bertz CT molecular complexity index is 738. The summed E-state index contributed by atoms with van der Waals surface area (Å²) in [7, 11) is 0. The van der Waals surface area contributed by atoms with Gasteiger partial charge in [-0.15, -0.1) is 0 Å². The summed E-state index contributed by atoms with van der Waals surface area (Å²) in [5.41, 5.74) is 1.95. The van der Waals surface area contributed by atoms with E-state index >= 15 is 0 Å². The Morgan fingerprint density at radius 1 is 1.05 bits per heavy atom. The van der Waals surface area contributed by atoms with Crippen molar-refractivity contribution in [3.05, 3.63) is 59.4 Å². The molecule has 3 nitrogen and oxygen atoms in total. The summed E-state index contributed by atoms with van der Waals surface area (Å²) in [6, 6.07) is 13.2. The molecule has 3 aromatic rings. The topological polar surface area (TPSA) is 35.0 Å². The van der Waals surface area contributed by atoms with Crippen LogP contribution in [-0.4, -0.2) is 9.97 Å². The summed E-state index contributed by atoms with van der Waals surface area (Å²) in [6.07, 6.45) is 1.50. The number of ether oxygens (including phenoxy) is 1. The lowest BCUT2D eigenvalue weighted by molar-refractivity contribution is 0.468. The Morgan fingerprint density at radius 2 is 1.89 bits per heavy atom. The second-order valence-electron chi connectivity index (χ2n) is 4.21. The molecule has 0 aliphatic carbocycles. The van der Waals surface area contributed by atoms with Crippen LogP contribution in [0.3, 0.4) is 0 Å². The Morgan fingerprint density at radius 3 is 2.74 bits per heavy atom. The molecule has 0 saturated heterocycles. The van der Waals surface area contributed by atoms with Crippen LogP contribution in [0.5, 0.6) is 11.6 Å². The molecule has 0 atom stereocenters. The van der Waals surface area contributed by atoms with Crippen LogP contribution in [0.15, 0.2) is 48.8 Å². The largest absolute Gasteiger partial charge is 0.438 e. The molecule has 0 aliphatic rings. The van der Waals surface area contributed by atoms with Crippen LogP contribution >= 0.6 is 11.6 Å². The molecule has 94 valence electrons. The fourth-order valence-electron chi connectivity index (χ4n) is 1.97. The van der Waals surface area contributed by atoms with Gasteiger partial charge in [-0.05, 0) is 36.8 Å². The fourth-order valence-corrected chi connectivity index (χ4v) is 2.15. The van der Waals surface area contributed by atoms with Crippen molar-refractivity contribution in [1.29, 1.82) is 0 Å². The highest BCUT2D eigenvalue weighted by Crippen LogP contribution is 2.29. The van der Waals surface area contributed by atoms with Crippen molar-refractivity contribution < 1.29 is 4.74 Å². The number of benzene rings is 2. The molecular weight excluding hydrogens is 260 g/mol. The molecule has 1 heterocycles. The highest BCUT2D eigenvalue weighted by Gasteiger charge is 2.08. The van der Waals surface area contributed by atoms with Gasteiger partial charge < -0.3 is 4.74 Å². The van der Waals surface area contributed by atoms with Gasteiger partial charge in [-0.25, -0.2) is 9.97 Å². The average Bonchev–Trinajstić information content (AvgIpc) is 2.39. The van der Waals surface area contributed by atoms with E-state index in [4.69, 9.17) is 16.3 Å². The molecule has 4 heteroatoms. The van der Waals surface area contributed by atoms with Crippen LogP contribution in [0.25, 0.3) is 10.9 Å². The molecular formula is C15H11ClN2O. The monoisotopic (exact) mass is 270 g/mol. The van der Waals surface area contributed by atoms with Gasteiger partial charge in [-0.3, -0.25) is 0 Å². The summed E-state index contributed by atoms with van der Waals surface area (Å²) < 4.78 is 5.82. The summed E-state index contributed by atoms with van der Waals surface area (Å²) in [5.74, 6) is 1.21. The molecule has 2 aromatic carbocycles. The van der Waals surface area contributed by atoms with Gasteiger partial charge in [0.25, 0.3) is 0 Å². The Kier molecular flexibility index (Phi) is 3.05. The maximum absolute atomic E-state index is 5.95. The number of fused-ring (bicyclic) bond motifs is 1. The molecule has 3 rings (SSSR count). The van der Waals surface area contributed by atoms with E-state index < -0.39 is 0 Å². The normalized spacial score (nSPS) is 10.6. The van der Waals surface area contributed by atoms with Crippen LogP contribution in [-0.2, 0) is 0 Å². The number of hydrogen-bond donors (Lipinski definition) is 0. The third-order valence-corrected chi connectivity index (χ3v) is 3.08. The molecule has 0 radical (unpaired) electrons. The highest BCUT2D eigenvalue weighted by atomic mass is 35.5. The van der Waals surface area contributed by atoms with Gasteiger partial charge in [0.1, 0.15) is 12.1 Å². The van der Waals surface area contributed by atoms with Crippen LogP contribution in [0.4, 0.5) is 0 Å². The van der Waals surface area contributed by atoms with E-state index in [9.17, 15) is 0 Å². The Hall–Kier alpha value is -2.13. The van der Waals surface area contributed by atoms with Gasteiger partial charge in [-0.2, -0.15) is 0 Å². The van der Waals surface area contributed by atoms with E-state index in [2.05, 4.69) is 9.97 Å². The van der Waals surface area contributed by atoms with Crippen molar-refractivity contribution in [1.82, 2.24) is 9.97 Å². The minimum absolute atomic E-state index is 0.547. The molecule has 0 unspecified atom stereocenters. The van der Waals surface area contributed by atoms with E-state index in [0.29, 0.717) is 16.7 Å². The second kappa shape index (κ2) is 4.86. The summed E-state index contributed by atoms with van der Waals surface area (Å²) in [5, 5.41) is 1.55. The standard InChI is InChI=1S/C15H11ClN2O/c1-10-4-2-7-13-14(10)15(18-9-17-13)19-12-6-3-5-11(16)8-12/h2-9H,1H3. The molecule has 1 aromatic heterocycles. The second-order valence-corrected chi connectivity index (χ2v) is 4.64. The Balaban J connectivity index is 2.11. The van der Waals surface area contributed by atoms with Gasteiger partial charge in [0.2, 0.25) is 5.88 Å². The zero-order chi connectivity index (χ0) is 13.2. The van der Waals surface area contributed by atoms with Crippen molar-refractivity contribution in [2.45, 2.75) is 6.92 Å². The number of aromatic nitrogens is 2. The summed E-state index contributed by atoms with van der Waals surface area (Å²) in [4.78, 5) is 8.46. The maximum atomic E-state index is 5.95. The number of nitrogens with zero attached hydrogens (tertiary/aromatic N) is 2. The van der Waals surface area contributed by atoms with Gasteiger partial charge in [0.05, 0.1) is 10.9 Å². The van der Waals surface area contributed by atoms with Crippen LogP contribution < -0.4 is 4.74 Å². The lowest BCUT2D eigenvalue weighted by atomic mass is 10.1. The van der Waals surface area contributed by atoms with E-state index in [-0.39, 0.29) is 0 Å². The highest BCUT2D eigenvalue weighted by molar-refractivity contribution is 6.30. The van der Waals surface area contributed by atoms with Crippen LogP contribution in [0.2, 0.25) is 5.02 Å².